The van der Waals surface area contributed by atoms with Crippen LogP contribution in [0.4, 0.5) is 0 Å². The van der Waals surface area contributed by atoms with E-state index in [4.69, 9.17) is 32.7 Å². The van der Waals surface area contributed by atoms with E-state index in [1.807, 2.05) is 0 Å². The first-order chi connectivity index (χ1) is 10.1. The Kier molecular flexibility index (Phi) is 5.51. The summed E-state index contributed by atoms with van der Waals surface area (Å²) < 4.78 is 11.6. The number of hydrogen-bond acceptors (Lipinski definition) is 3. The molecule has 0 aliphatic heterocycles. The molecule has 2 aromatic carbocycles. The van der Waals surface area contributed by atoms with Gasteiger partial charge in [-0.1, -0.05) is 29.3 Å². The summed E-state index contributed by atoms with van der Waals surface area (Å²) in [6, 6.07) is 8.64. The average molecular weight is 390 g/mol. The highest BCUT2D eigenvalue weighted by Gasteiger charge is 2.15. The molecule has 3 nitrogen and oxygen atoms in total. The highest BCUT2D eigenvalue weighted by Crippen LogP contribution is 2.36. The van der Waals surface area contributed by atoms with Crippen molar-refractivity contribution in [1.82, 2.24) is 0 Å². The molecule has 0 unspecified atom stereocenters. The molecular formula is C15H11BrCl2O3. The van der Waals surface area contributed by atoms with Crippen LogP contribution >= 0.6 is 39.1 Å². The molecule has 0 atom stereocenters. The summed E-state index contributed by atoms with van der Waals surface area (Å²) in [7, 11) is 1.51. The number of aldehydes is 1. The Hall–Kier alpha value is -1.23. The Bertz CT molecular complexity index is 654. The van der Waals surface area contributed by atoms with Gasteiger partial charge in [0.25, 0.3) is 0 Å². The number of rotatable bonds is 5. The number of benzene rings is 2. The van der Waals surface area contributed by atoms with Gasteiger partial charge in [-0.05, 0) is 40.2 Å². The van der Waals surface area contributed by atoms with Crippen molar-refractivity contribution in [3.8, 4) is 11.5 Å². The lowest BCUT2D eigenvalue weighted by Crippen LogP contribution is -2.02. The van der Waals surface area contributed by atoms with Crippen LogP contribution in [0.1, 0.15) is 15.9 Å². The van der Waals surface area contributed by atoms with E-state index in [2.05, 4.69) is 15.9 Å². The van der Waals surface area contributed by atoms with Gasteiger partial charge in [0.05, 0.1) is 12.7 Å². The third-order valence-electron chi connectivity index (χ3n) is 2.87. The van der Waals surface area contributed by atoms with Gasteiger partial charge in [-0.3, -0.25) is 4.79 Å². The van der Waals surface area contributed by atoms with Gasteiger partial charge in [-0.25, -0.2) is 0 Å². The molecular weight excluding hydrogens is 379 g/mol. The maximum Gasteiger partial charge on any atom is 0.173 e. The van der Waals surface area contributed by atoms with Crippen LogP contribution in [0, 0.1) is 0 Å². The van der Waals surface area contributed by atoms with Gasteiger partial charge < -0.3 is 9.47 Å². The summed E-state index contributed by atoms with van der Waals surface area (Å²) in [6.07, 6.45) is 0.705. The van der Waals surface area contributed by atoms with Crippen molar-refractivity contribution in [2.24, 2.45) is 0 Å². The molecule has 0 heterocycles. The minimum absolute atomic E-state index is 0.131. The SMILES string of the molecule is COc1ccc(Br)c(C=O)c1OCc1c(Cl)cccc1Cl. The van der Waals surface area contributed by atoms with E-state index in [1.165, 1.54) is 7.11 Å². The van der Waals surface area contributed by atoms with Crippen molar-refractivity contribution in [3.05, 3.63) is 56.0 Å². The van der Waals surface area contributed by atoms with Crippen LogP contribution in [0.25, 0.3) is 0 Å². The summed E-state index contributed by atoms with van der Waals surface area (Å²) in [5, 5.41) is 1.01. The minimum Gasteiger partial charge on any atom is -0.493 e. The van der Waals surface area contributed by atoms with Crippen molar-refractivity contribution in [2.45, 2.75) is 6.61 Å². The Morgan fingerprint density at radius 2 is 1.86 bits per heavy atom. The van der Waals surface area contributed by atoms with E-state index in [1.54, 1.807) is 30.3 Å². The predicted octanol–water partition coefficient (Wildman–Crippen LogP) is 5.16. The number of carbonyl (C=O) groups is 1. The second-order valence-corrected chi connectivity index (χ2v) is 5.77. The lowest BCUT2D eigenvalue weighted by atomic mass is 10.2. The fourth-order valence-electron chi connectivity index (χ4n) is 1.79. The summed E-state index contributed by atoms with van der Waals surface area (Å²) in [5.74, 6) is 0.807. The van der Waals surface area contributed by atoms with Gasteiger partial charge in [0.15, 0.2) is 17.8 Å². The summed E-state index contributed by atoms with van der Waals surface area (Å²) in [6.45, 7) is 0.131. The highest BCUT2D eigenvalue weighted by molar-refractivity contribution is 9.10. The van der Waals surface area contributed by atoms with Crippen LogP contribution in [0.3, 0.4) is 0 Å². The maximum absolute atomic E-state index is 11.2. The van der Waals surface area contributed by atoms with E-state index in [0.717, 1.165) is 0 Å². The molecule has 0 aromatic heterocycles. The fraction of sp³-hybridized carbons (Fsp3) is 0.133. The third-order valence-corrected chi connectivity index (χ3v) is 4.27. The van der Waals surface area contributed by atoms with E-state index in [9.17, 15) is 4.79 Å². The van der Waals surface area contributed by atoms with Crippen LogP contribution < -0.4 is 9.47 Å². The number of methoxy groups -OCH3 is 1. The molecule has 0 radical (unpaired) electrons. The van der Waals surface area contributed by atoms with E-state index in [0.29, 0.717) is 43.4 Å². The predicted molar refractivity (Wildman–Crippen MR) is 86.9 cm³/mol. The molecule has 2 rings (SSSR count). The molecule has 0 bridgehead atoms. The van der Waals surface area contributed by atoms with Gasteiger partial charge in [0.1, 0.15) is 6.61 Å². The Labute approximate surface area is 140 Å². The second kappa shape index (κ2) is 7.16. The number of ether oxygens (including phenoxy) is 2. The Morgan fingerprint density at radius 3 is 2.43 bits per heavy atom. The Balaban J connectivity index is 2.36. The zero-order chi connectivity index (χ0) is 15.4. The molecule has 0 saturated carbocycles. The van der Waals surface area contributed by atoms with Crippen LogP contribution in [-0.2, 0) is 6.61 Å². The summed E-state index contributed by atoms with van der Waals surface area (Å²) in [4.78, 5) is 11.2. The molecule has 0 N–H and O–H groups in total. The smallest absolute Gasteiger partial charge is 0.173 e. The number of hydrogen-bond donors (Lipinski definition) is 0. The Morgan fingerprint density at radius 1 is 1.19 bits per heavy atom. The van der Waals surface area contributed by atoms with Crippen molar-refractivity contribution in [3.63, 3.8) is 0 Å². The molecule has 0 spiro atoms. The van der Waals surface area contributed by atoms with Gasteiger partial charge >= 0.3 is 0 Å². The van der Waals surface area contributed by atoms with Gasteiger partial charge in [0, 0.05) is 20.1 Å². The normalized spacial score (nSPS) is 10.3. The average Bonchev–Trinajstić information content (AvgIpc) is 2.47. The zero-order valence-corrected chi connectivity index (χ0v) is 14.1. The fourth-order valence-corrected chi connectivity index (χ4v) is 2.70. The van der Waals surface area contributed by atoms with Crippen molar-refractivity contribution in [1.29, 1.82) is 0 Å². The van der Waals surface area contributed by atoms with Crippen LogP contribution in [0.5, 0.6) is 11.5 Å². The summed E-state index contributed by atoms with van der Waals surface area (Å²) in [5.41, 5.74) is 1.03. The van der Waals surface area contributed by atoms with Crippen LogP contribution in [-0.4, -0.2) is 13.4 Å². The third kappa shape index (κ3) is 3.51. The maximum atomic E-state index is 11.2. The molecule has 110 valence electrons. The van der Waals surface area contributed by atoms with Crippen LogP contribution in [0.2, 0.25) is 10.0 Å². The minimum atomic E-state index is 0.131. The monoisotopic (exact) mass is 388 g/mol. The molecule has 0 aliphatic carbocycles. The van der Waals surface area contributed by atoms with E-state index in [-0.39, 0.29) is 6.61 Å². The topological polar surface area (TPSA) is 35.5 Å². The van der Waals surface area contributed by atoms with Crippen LogP contribution in [0.15, 0.2) is 34.8 Å². The van der Waals surface area contributed by atoms with E-state index < -0.39 is 0 Å². The lowest BCUT2D eigenvalue weighted by Gasteiger charge is -2.15. The molecule has 6 heteroatoms. The first kappa shape index (κ1) is 16.1. The first-order valence-electron chi connectivity index (χ1n) is 5.95. The second-order valence-electron chi connectivity index (χ2n) is 4.10. The molecule has 2 aromatic rings. The van der Waals surface area contributed by atoms with Crippen molar-refractivity contribution >= 4 is 45.4 Å². The standard InChI is InChI=1S/C15H11BrCl2O3/c1-20-14-6-5-11(16)9(7-19)15(14)21-8-10-12(17)3-2-4-13(10)18/h2-7H,8H2,1H3. The quantitative estimate of drug-likeness (QED) is 0.663. The molecule has 0 fully saturated rings. The number of halogens is 3. The lowest BCUT2D eigenvalue weighted by molar-refractivity contribution is 0.111. The summed E-state index contributed by atoms with van der Waals surface area (Å²) >= 11 is 15.5. The van der Waals surface area contributed by atoms with E-state index >= 15 is 0 Å². The molecule has 0 aliphatic rings. The van der Waals surface area contributed by atoms with Crippen molar-refractivity contribution < 1.29 is 14.3 Å². The molecule has 0 saturated heterocycles. The van der Waals surface area contributed by atoms with Gasteiger partial charge in [0.2, 0.25) is 0 Å². The van der Waals surface area contributed by atoms with Gasteiger partial charge in [-0.2, -0.15) is 0 Å². The number of carbonyl (C=O) groups excluding carboxylic acids is 1. The van der Waals surface area contributed by atoms with Crippen molar-refractivity contribution in [2.75, 3.05) is 7.11 Å². The molecule has 0 amide bonds. The highest BCUT2D eigenvalue weighted by atomic mass is 79.9. The van der Waals surface area contributed by atoms with Gasteiger partial charge in [-0.15, -0.1) is 0 Å². The molecule has 21 heavy (non-hydrogen) atoms. The first-order valence-corrected chi connectivity index (χ1v) is 7.50. The largest absolute Gasteiger partial charge is 0.493 e. The zero-order valence-electron chi connectivity index (χ0n) is 11.0.